The van der Waals surface area contributed by atoms with Crippen molar-refractivity contribution in [2.24, 2.45) is 0 Å². The van der Waals surface area contributed by atoms with Gasteiger partial charge in [0, 0.05) is 0 Å². The summed E-state index contributed by atoms with van der Waals surface area (Å²) in [6, 6.07) is 8.57. The Labute approximate surface area is 60.3 Å². The second kappa shape index (κ2) is 3.06. The Bertz CT molecular complexity index is 220. The molecule has 2 radical (unpaired) electrons. The molecular weight excluding hydrogens is 127 g/mol. The second-order valence-electron chi connectivity index (χ2n) is 1.77. The van der Waals surface area contributed by atoms with Crippen LogP contribution in [0.1, 0.15) is 10.4 Å². The van der Waals surface area contributed by atoms with Gasteiger partial charge >= 0.3 is 14.0 Å². The molecule has 3 heteroatoms. The van der Waals surface area contributed by atoms with Crippen molar-refractivity contribution in [2.75, 3.05) is 0 Å². The maximum absolute atomic E-state index is 10.7. The van der Waals surface area contributed by atoms with Gasteiger partial charge in [-0.3, -0.25) is 0 Å². The third-order valence-electron chi connectivity index (χ3n) is 1.12. The van der Waals surface area contributed by atoms with Crippen molar-refractivity contribution < 1.29 is 9.45 Å². The van der Waals surface area contributed by atoms with E-state index in [1.165, 1.54) is 0 Å². The first kappa shape index (κ1) is 6.87. The fourth-order valence-electron chi connectivity index (χ4n) is 0.642. The van der Waals surface area contributed by atoms with Gasteiger partial charge in [-0.05, 0) is 12.1 Å². The molecule has 1 aromatic rings. The highest BCUT2D eigenvalue weighted by molar-refractivity contribution is 6.09. The fourth-order valence-corrected chi connectivity index (χ4v) is 0.642. The first-order valence-electron chi connectivity index (χ1n) is 2.80. The van der Waals surface area contributed by atoms with Crippen LogP contribution in [0, 0.1) is 0 Å². The minimum Gasteiger partial charge on any atom is -0.540 e. The van der Waals surface area contributed by atoms with Gasteiger partial charge in [-0.25, -0.2) is 4.79 Å². The Morgan fingerprint density at radius 2 is 1.90 bits per heavy atom. The maximum atomic E-state index is 10.7. The third-order valence-corrected chi connectivity index (χ3v) is 1.12. The second-order valence-corrected chi connectivity index (χ2v) is 1.77. The first-order chi connectivity index (χ1) is 4.84. The smallest absolute Gasteiger partial charge is 0.378 e. The van der Waals surface area contributed by atoms with Gasteiger partial charge in [-0.15, -0.1) is 0 Å². The molecule has 0 aliphatic rings. The molecule has 1 aromatic carbocycles. The van der Waals surface area contributed by atoms with Crippen molar-refractivity contribution in [1.29, 1.82) is 0 Å². The Hall–Kier alpha value is -1.25. The SMILES string of the molecule is [B]OC(=O)c1ccccc1. The van der Waals surface area contributed by atoms with Crippen molar-refractivity contribution in [3.8, 4) is 0 Å². The van der Waals surface area contributed by atoms with Gasteiger partial charge < -0.3 is 4.65 Å². The molecule has 0 aliphatic heterocycles. The molecule has 0 bridgehead atoms. The Balaban J connectivity index is 2.85. The molecule has 0 saturated carbocycles. The third kappa shape index (κ3) is 1.38. The topological polar surface area (TPSA) is 26.3 Å². The number of hydrogen-bond acceptors (Lipinski definition) is 2. The largest absolute Gasteiger partial charge is 0.540 e. The molecular formula is C7H5BO2. The molecule has 0 amide bonds. The van der Waals surface area contributed by atoms with Crippen LogP contribution in [0.2, 0.25) is 0 Å². The predicted octanol–water partition coefficient (Wildman–Crippen LogP) is 0.927. The van der Waals surface area contributed by atoms with E-state index in [-0.39, 0.29) is 0 Å². The van der Waals surface area contributed by atoms with E-state index in [4.69, 9.17) is 0 Å². The van der Waals surface area contributed by atoms with Gasteiger partial charge in [0.1, 0.15) is 0 Å². The van der Waals surface area contributed by atoms with Crippen LogP contribution in [0.25, 0.3) is 0 Å². The average molecular weight is 132 g/mol. The molecule has 48 valence electrons. The lowest BCUT2D eigenvalue weighted by Gasteiger charge is -1.96. The van der Waals surface area contributed by atoms with Crippen LogP contribution in [0.4, 0.5) is 0 Å². The van der Waals surface area contributed by atoms with E-state index in [9.17, 15) is 4.79 Å². The number of hydrogen-bond donors (Lipinski definition) is 0. The van der Waals surface area contributed by atoms with Crippen LogP contribution in [0.5, 0.6) is 0 Å². The lowest BCUT2D eigenvalue weighted by molar-refractivity contribution is 0.0749. The van der Waals surface area contributed by atoms with Crippen LogP contribution < -0.4 is 0 Å². The molecule has 0 aliphatic carbocycles. The molecule has 0 unspecified atom stereocenters. The van der Waals surface area contributed by atoms with Crippen molar-refractivity contribution >= 4 is 14.0 Å². The highest BCUT2D eigenvalue weighted by Gasteiger charge is 2.00. The number of rotatable bonds is 1. The molecule has 0 aromatic heterocycles. The van der Waals surface area contributed by atoms with Crippen molar-refractivity contribution in [3.05, 3.63) is 35.9 Å². The normalized spacial score (nSPS) is 8.80. The van der Waals surface area contributed by atoms with E-state index in [1.807, 2.05) is 6.07 Å². The zero-order valence-electron chi connectivity index (χ0n) is 5.28. The molecule has 0 atom stereocenters. The summed E-state index contributed by atoms with van der Waals surface area (Å²) in [6.07, 6.45) is 0. The van der Waals surface area contributed by atoms with Crippen LogP contribution in [0.15, 0.2) is 30.3 Å². The van der Waals surface area contributed by atoms with Crippen LogP contribution in [0.3, 0.4) is 0 Å². The first-order valence-corrected chi connectivity index (χ1v) is 2.80. The van der Waals surface area contributed by atoms with E-state index < -0.39 is 5.97 Å². The van der Waals surface area contributed by atoms with Crippen LogP contribution in [-0.2, 0) is 4.65 Å². The molecule has 2 nitrogen and oxygen atoms in total. The summed E-state index contributed by atoms with van der Waals surface area (Å²) >= 11 is 0. The molecule has 0 spiro atoms. The van der Waals surface area contributed by atoms with Crippen molar-refractivity contribution in [3.63, 3.8) is 0 Å². The van der Waals surface area contributed by atoms with Gasteiger partial charge in [0.25, 0.3) is 0 Å². The summed E-state index contributed by atoms with van der Waals surface area (Å²) in [7, 11) is 4.65. The van der Waals surface area contributed by atoms with E-state index in [0.717, 1.165) is 0 Å². The minimum atomic E-state index is -0.513. The highest BCUT2D eigenvalue weighted by Crippen LogP contribution is 1.98. The lowest BCUT2D eigenvalue weighted by atomic mass is 10.2. The van der Waals surface area contributed by atoms with Gasteiger partial charge in [0.2, 0.25) is 0 Å². The molecule has 0 heterocycles. The maximum Gasteiger partial charge on any atom is 0.378 e. The molecule has 1 rings (SSSR count). The van der Waals surface area contributed by atoms with Crippen LogP contribution >= 0.6 is 0 Å². The monoisotopic (exact) mass is 132 g/mol. The predicted molar refractivity (Wildman–Crippen MR) is 37.6 cm³/mol. The summed E-state index contributed by atoms with van der Waals surface area (Å²) in [5, 5.41) is 0. The highest BCUT2D eigenvalue weighted by atomic mass is 16.5. The fraction of sp³-hybridized carbons (Fsp3) is 0. The average Bonchev–Trinajstić information content (AvgIpc) is 2.05. The Kier molecular flexibility index (Phi) is 2.10. The van der Waals surface area contributed by atoms with E-state index in [1.54, 1.807) is 24.3 Å². The van der Waals surface area contributed by atoms with Crippen molar-refractivity contribution in [2.45, 2.75) is 0 Å². The Morgan fingerprint density at radius 1 is 1.30 bits per heavy atom. The lowest BCUT2D eigenvalue weighted by Crippen LogP contribution is -2.00. The van der Waals surface area contributed by atoms with Gasteiger partial charge in [-0.2, -0.15) is 0 Å². The number of carbonyl (C=O) groups is 1. The number of benzene rings is 1. The summed E-state index contributed by atoms with van der Waals surface area (Å²) in [5.41, 5.74) is 0.463. The summed E-state index contributed by atoms with van der Waals surface area (Å²) in [6.45, 7) is 0. The van der Waals surface area contributed by atoms with Gasteiger partial charge in [0.05, 0.1) is 5.56 Å². The van der Waals surface area contributed by atoms with Crippen molar-refractivity contribution in [1.82, 2.24) is 0 Å². The summed E-state index contributed by atoms with van der Waals surface area (Å²) in [4.78, 5) is 10.7. The van der Waals surface area contributed by atoms with E-state index in [0.29, 0.717) is 5.56 Å². The minimum absolute atomic E-state index is 0.463. The summed E-state index contributed by atoms with van der Waals surface area (Å²) in [5.74, 6) is -0.513. The zero-order valence-corrected chi connectivity index (χ0v) is 5.28. The zero-order chi connectivity index (χ0) is 7.40. The molecule has 0 fully saturated rings. The molecule has 10 heavy (non-hydrogen) atoms. The van der Waals surface area contributed by atoms with Crippen LogP contribution in [-0.4, -0.2) is 14.0 Å². The number of carbonyl (C=O) groups excluding carboxylic acids is 1. The molecule has 0 saturated heterocycles. The molecule has 0 N–H and O–H groups in total. The van der Waals surface area contributed by atoms with E-state index >= 15 is 0 Å². The quantitative estimate of drug-likeness (QED) is 0.531. The Morgan fingerprint density at radius 3 is 2.40 bits per heavy atom. The standard InChI is InChI=1S/C7H5BO2/c8-10-7(9)6-4-2-1-3-5-6/h1-5H. The van der Waals surface area contributed by atoms with Gasteiger partial charge in [0.15, 0.2) is 0 Å². The van der Waals surface area contributed by atoms with Gasteiger partial charge in [-0.1, -0.05) is 18.2 Å². The summed E-state index contributed by atoms with van der Waals surface area (Å²) < 4.78 is 4.00. The van der Waals surface area contributed by atoms with E-state index in [2.05, 4.69) is 12.7 Å².